The molecule has 122 valence electrons. The van der Waals surface area contributed by atoms with Gasteiger partial charge < -0.3 is 15.7 Å². The Kier molecular flexibility index (Phi) is 9.25. The number of amides is 2. The molecule has 0 aliphatic rings. The summed E-state index contributed by atoms with van der Waals surface area (Å²) in [4.78, 5) is 34.3. The molecule has 0 aromatic carbocycles. The van der Waals surface area contributed by atoms with Crippen LogP contribution in [0.5, 0.6) is 0 Å². The first-order chi connectivity index (χ1) is 10.3. The second-order valence-corrected chi connectivity index (χ2v) is 4.85. The fourth-order valence-electron chi connectivity index (χ4n) is 1.93. The van der Waals surface area contributed by atoms with Gasteiger partial charge in [-0.15, -0.1) is 6.58 Å². The molecular formula is C16H24N2O4. The lowest BCUT2D eigenvalue weighted by Crippen LogP contribution is -2.49. The van der Waals surface area contributed by atoms with E-state index in [-0.39, 0.29) is 18.7 Å². The monoisotopic (exact) mass is 308 g/mol. The molecule has 0 aliphatic heterocycles. The summed E-state index contributed by atoms with van der Waals surface area (Å²) in [6, 6.07) is -1.33. The average Bonchev–Trinajstić information content (AvgIpc) is 2.42. The summed E-state index contributed by atoms with van der Waals surface area (Å²) in [6.45, 7) is 10.3. The molecular weight excluding hydrogens is 284 g/mol. The van der Waals surface area contributed by atoms with E-state index in [0.29, 0.717) is 6.42 Å². The Hall–Kier alpha value is -2.37. The lowest BCUT2D eigenvalue weighted by Gasteiger charge is -2.22. The minimum atomic E-state index is -1.01. The summed E-state index contributed by atoms with van der Waals surface area (Å²) in [5.41, 5.74) is 0.839. The van der Waals surface area contributed by atoms with Gasteiger partial charge in [-0.2, -0.15) is 0 Å². The predicted molar refractivity (Wildman–Crippen MR) is 85.2 cm³/mol. The zero-order valence-electron chi connectivity index (χ0n) is 13.1. The zero-order chi connectivity index (χ0) is 17.1. The molecule has 3 N–H and O–H groups in total. The fraction of sp³-hybridized carbons (Fsp3) is 0.438. The van der Waals surface area contributed by atoms with E-state index in [2.05, 4.69) is 23.8 Å². The number of allylic oxidation sites excluding steroid dienone is 2. The number of carbonyl (C=O) groups is 3. The number of hydrogen-bond donors (Lipinski definition) is 3. The maximum Gasteiger partial charge on any atom is 0.305 e. The molecule has 0 radical (unpaired) electrons. The highest BCUT2D eigenvalue weighted by molar-refractivity contribution is 5.87. The van der Waals surface area contributed by atoms with Crippen LogP contribution in [-0.4, -0.2) is 35.0 Å². The maximum atomic E-state index is 12.2. The highest BCUT2D eigenvalue weighted by Crippen LogP contribution is 2.10. The van der Waals surface area contributed by atoms with E-state index in [9.17, 15) is 14.4 Å². The van der Waals surface area contributed by atoms with Gasteiger partial charge >= 0.3 is 5.97 Å². The Bertz CT molecular complexity index is 469. The third-order valence-electron chi connectivity index (χ3n) is 2.98. The molecule has 0 saturated heterocycles. The van der Waals surface area contributed by atoms with Gasteiger partial charge in [-0.05, 0) is 19.8 Å². The highest BCUT2D eigenvalue weighted by atomic mass is 16.4. The van der Waals surface area contributed by atoms with Gasteiger partial charge in [-0.25, -0.2) is 0 Å². The first-order valence-corrected chi connectivity index (χ1v) is 7.01. The molecule has 6 nitrogen and oxygen atoms in total. The van der Waals surface area contributed by atoms with Crippen molar-refractivity contribution in [2.45, 2.75) is 45.2 Å². The van der Waals surface area contributed by atoms with Crippen molar-refractivity contribution in [3.63, 3.8) is 0 Å². The number of carboxylic acids is 1. The Morgan fingerprint density at radius 1 is 1.18 bits per heavy atom. The van der Waals surface area contributed by atoms with Crippen molar-refractivity contribution >= 4 is 17.8 Å². The van der Waals surface area contributed by atoms with Crippen LogP contribution in [-0.2, 0) is 14.4 Å². The van der Waals surface area contributed by atoms with Crippen LogP contribution in [0.4, 0.5) is 0 Å². The predicted octanol–water partition coefficient (Wildman–Crippen LogP) is 1.55. The van der Waals surface area contributed by atoms with E-state index in [0.717, 1.165) is 5.57 Å². The van der Waals surface area contributed by atoms with E-state index < -0.39 is 24.0 Å². The van der Waals surface area contributed by atoms with E-state index in [1.165, 1.54) is 13.0 Å². The molecule has 0 rings (SSSR count). The zero-order valence-corrected chi connectivity index (χ0v) is 13.1. The van der Waals surface area contributed by atoms with Crippen molar-refractivity contribution in [2.75, 3.05) is 0 Å². The Morgan fingerprint density at radius 3 is 2.23 bits per heavy atom. The van der Waals surface area contributed by atoms with E-state index in [1.54, 1.807) is 6.08 Å². The maximum absolute atomic E-state index is 12.2. The summed E-state index contributed by atoms with van der Waals surface area (Å²) >= 11 is 0. The summed E-state index contributed by atoms with van der Waals surface area (Å²) in [5, 5.41) is 14.1. The number of rotatable bonds is 10. The number of carboxylic acid groups (broad SMARTS) is 1. The third kappa shape index (κ3) is 8.04. The van der Waals surface area contributed by atoms with Gasteiger partial charge in [-0.1, -0.05) is 30.4 Å². The molecule has 2 amide bonds. The first kappa shape index (κ1) is 19.6. The van der Waals surface area contributed by atoms with Crippen LogP contribution in [0, 0.1) is 0 Å². The summed E-state index contributed by atoms with van der Waals surface area (Å²) in [7, 11) is 0. The van der Waals surface area contributed by atoms with Gasteiger partial charge in [0.05, 0.1) is 6.42 Å². The van der Waals surface area contributed by atoms with Gasteiger partial charge in [0.25, 0.3) is 0 Å². The normalized spacial score (nSPS) is 13.6. The first-order valence-electron chi connectivity index (χ1n) is 7.01. The lowest BCUT2D eigenvalue weighted by atomic mass is 10.0. The van der Waals surface area contributed by atoms with Crippen molar-refractivity contribution in [1.82, 2.24) is 10.6 Å². The van der Waals surface area contributed by atoms with Gasteiger partial charge in [0.1, 0.15) is 6.04 Å². The Labute approximate surface area is 131 Å². The smallest absolute Gasteiger partial charge is 0.305 e. The Balaban J connectivity index is 4.96. The van der Waals surface area contributed by atoms with E-state index in [4.69, 9.17) is 5.11 Å². The summed E-state index contributed by atoms with van der Waals surface area (Å²) < 4.78 is 0. The van der Waals surface area contributed by atoms with Crippen molar-refractivity contribution < 1.29 is 19.5 Å². The molecule has 1 unspecified atom stereocenters. The minimum absolute atomic E-state index is 0.211. The fourth-order valence-corrected chi connectivity index (χ4v) is 1.93. The molecule has 2 atom stereocenters. The molecule has 22 heavy (non-hydrogen) atoms. The molecule has 0 fully saturated rings. The SMILES string of the molecule is C=CCC(NC(C)=O)C(=O)N[C@@H](CC(=O)O)C/C(C=C)=C/C. The number of hydrogen-bond acceptors (Lipinski definition) is 3. The molecule has 0 aliphatic carbocycles. The minimum Gasteiger partial charge on any atom is -0.481 e. The van der Waals surface area contributed by atoms with Crippen molar-refractivity contribution in [1.29, 1.82) is 0 Å². The molecule has 0 bridgehead atoms. The van der Waals surface area contributed by atoms with Crippen LogP contribution in [0.1, 0.15) is 33.1 Å². The third-order valence-corrected chi connectivity index (χ3v) is 2.98. The average molecular weight is 308 g/mol. The number of nitrogens with one attached hydrogen (secondary N) is 2. The molecule has 0 aromatic heterocycles. The topological polar surface area (TPSA) is 95.5 Å². The second-order valence-electron chi connectivity index (χ2n) is 4.85. The van der Waals surface area contributed by atoms with Gasteiger partial charge in [0.2, 0.25) is 11.8 Å². The number of aliphatic carboxylic acids is 1. The number of carbonyl (C=O) groups excluding carboxylic acids is 2. The van der Waals surface area contributed by atoms with Gasteiger partial charge in [0, 0.05) is 13.0 Å². The molecule has 0 saturated carbocycles. The standard InChI is InChI=1S/C16H24N2O4/c1-5-8-14(17-11(4)19)16(22)18-13(10-15(20)21)9-12(6-2)7-3/h5-7,13-14H,1-2,8-10H2,3-4H3,(H,17,19)(H,18,22)(H,20,21)/b12-7+/t13-,14?/m1/s1. The van der Waals surface area contributed by atoms with Crippen LogP contribution in [0.15, 0.2) is 37.0 Å². The lowest BCUT2D eigenvalue weighted by molar-refractivity contribution is -0.138. The van der Waals surface area contributed by atoms with Gasteiger partial charge in [0.15, 0.2) is 0 Å². The van der Waals surface area contributed by atoms with Crippen molar-refractivity contribution in [2.24, 2.45) is 0 Å². The van der Waals surface area contributed by atoms with Crippen LogP contribution in [0.25, 0.3) is 0 Å². The Morgan fingerprint density at radius 2 is 1.82 bits per heavy atom. The van der Waals surface area contributed by atoms with Crippen molar-refractivity contribution in [3.8, 4) is 0 Å². The van der Waals surface area contributed by atoms with Crippen LogP contribution >= 0.6 is 0 Å². The van der Waals surface area contributed by atoms with Gasteiger partial charge in [-0.3, -0.25) is 14.4 Å². The molecule has 0 spiro atoms. The molecule has 6 heteroatoms. The largest absolute Gasteiger partial charge is 0.481 e. The second kappa shape index (κ2) is 10.4. The highest BCUT2D eigenvalue weighted by Gasteiger charge is 2.23. The summed E-state index contributed by atoms with van der Waals surface area (Å²) in [5.74, 6) is -1.78. The molecule has 0 aromatic rings. The molecule has 0 heterocycles. The summed E-state index contributed by atoms with van der Waals surface area (Å²) in [6.07, 6.45) is 5.37. The van der Waals surface area contributed by atoms with E-state index in [1.807, 2.05) is 13.0 Å². The van der Waals surface area contributed by atoms with Crippen LogP contribution in [0.2, 0.25) is 0 Å². The van der Waals surface area contributed by atoms with Crippen molar-refractivity contribution in [3.05, 3.63) is 37.0 Å². The van der Waals surface area contributed by atoms with Crippen LogP contribution in [0.3, 0.4) is 0 Å². The van der Waals surface area contributed by atoms with Crippen LogP contribution < -0.4 is 10.6 Å². The quantitative estimate of drug-likeness (QED) is 0.421. The van der Waals surface area contributed by atoms with E-state index >= 15 is 0 Å².